The number of rotatable bonds is 5. The molecule has 1 aromatic carbocycles. The minimum Gasteiger partial charge on any atom is -0.323 e. The zero-order valence-electron chi connectivity index (χ0n) is 13.6. The number of pyridine rings is 1. The number of anilines is 2. The second kappa shape index (κ2) is 6.69. The lowest BCUT2D eigenvalue weighted by Crippen LogP contribution is -2.08. The summed E-state index contributed by atoms with van der Waals surface area (Å²) in [5.41, 5.74) is 2.23. The largest absolute Gasteiger partial charge is 0.323 e. The summed E-state index contributed by atoms with van der Waals surface area (Å²) in [6.45, 7) is 2.02. The molecule has 2 aromatic heterocycles. The van der Waals surface area contributed by atoms with Gasteiger partial charge in [-0.2, -0.15) is 5.10 Å². The second-order valence-corrected chi connectivity index (χ2v) is 7.35. The lowest BCUT2D eigenvalue weighted by molar-refractivity contribution is 0.410. The van der Waals surface area contributed by atoms with Crippen LogP contribution in [-0.4, -0.2) is 15.2 Å². The molecule has 1 saturated carbocycles. The van der Waals surface area contributed by atoms with Crippen molar-refractivity contribution in [3.8, 4) is 0 Å². The van der Waals surface area contributed by atoms with Gasteiger partial charge in [0.1, 0.15) is 5.82 Å². The van der Waals surface area contributed by atoms with E-state index in [1.54, 1.807) is 11.8 Å². The SMILES string of the molecule is Cc1cc(Sc2ccccc2)cc(Nc2cc(C3CCC3)[nH]n2)n1. The maximum atomic E-state index is 4.58. The van der Waals surface area contributed by atoms with Crippen LogP contribution in [0.5, 0.6) is 0 Å². The van der Waals surface area contributed by atoms with E-state index in [9.17, 15) is 0 Å². The van der Waals surface area contributed by atoms with Gasteiger partial charge in [0.15, 0.2) is 5.82 Å². The van der Waals surface area contributed by atoms with Gasteiger partial charge in [-0.25, -0.2) is 4.98 Å². The first-order valence-corrected chi connectivity index (χ1v) is 9.12. The van der Waals surface area contributed by atoms with Crippen molar-refractivity contribution in [2.75, 3.05) is 5.32 Å². The van der Waals surface area contributed by atoms with Gasteiger partial charge in [0.2, 0.25) is 0 Å². The van der Waals surface area contributed by atoms with Crippen molar-refractivity contribution in [3.63, 3.8) is 0 Å². The number of aromatic amines is 1. The summed E-state index contributed by atoms with van der Waals surface area (Å²) in [4.78, 5) is 6.98. The molecule has 3 aromatic rings. The van der Waals surface area contributed by atoms with Gasteiger partial charge >= 0.3 is 0 Å². The summed E-state index contributed by atoms with van der Waals surface area (Å²) in [6, 6.07) is 16.7. The van der Waals surface area contributed by atoms with Crippen molar-refractivity contribution in [2.45, 2.75) is 41.9 Å². The van der Waals surface area contributed by atoms with Crippen LogP contribution in [0.15, 0.2) is 58.3 Å². The number of H-pyrrole nitrogens is 1. The van der Waals surface area contributed by atoms with Crippen LogP contribution >= 0.6 is 11.8 Å². The number of aromatic nitrogens is 3. The maximum absolute atomic E-state index is 4.58. The molecule has 1 aliphatic carbocycles. The number of nitrogens with zero attached hydrogens (tertiary/aromatic N) is 2. The molecule has 4 rings (SSSR count). The molecule has 0 saturated heterocycles. The Bertz CT molecular complexity index is 824. The third kappa shape index (κ3) is 3.46. The highest BCUT2D eigenvalue weighted by atomic mass is 32.2. The van der Waals surface area contributed by atoms with E-state index in [0.29, 0.717) is 5.92 Å². The Morgan fingerprint density at radius 2 is 1.88 bits per heavy atom. The second-order valence-electron chi connectivity index (χ2n) is 6.21. The molecule has 122 valence electrons. The van der Waals surface area contributed by atoms with Gasteiger partial charge in [0, 0.05) is 33.2 Å². The van der Waals surface area contributed by atoms with Crippen LogP contribution in [0.4, 0.5) is 11.6 Å². The Kier molecular flexibility index (Phi) is 4.26. The topological polar surface area (TPSA) is 53.6 Å². The molecule has 0 unspecified atom stereocenters. The van der Waals surface area contributed by atoms with E-state index < -0.39 is 0 Å². The zero-order chi connectivity index (χ0) is 16.4. The molecule has 1 aliphatic rings. The van der Waals surface area contributed by atoms with Crippen molar-refractivity contribution in [1.29, 1.82) is 0 Å². The highest BCUT2D eigenvalue weighted by Crippen LogP contribution is 2.36. The molecule has 4 nitrogen and oxygen atoms in total. The number of hydrogen-bond acceptors (Lipinski definition) is 4. The van der Waals surface area contributed by atoms with Crippen molar-refractivity contribution in [1.82, 2.24) is 15.2 Å². The summed E-state index contributed by atoms with van der Waals surface area (Å²) >= 11 is 1.74. The van der Waals surface area contributed by atoms with Crippen LogP contribution in [-0.2, 0) is 0 Å². The van der Waals surface area contributed by atoms with E-state index in [-0.39, 0.29) is 0 Å². The first-order chi connectivity index (χ1) is 11.8. The van der Waals surface area contributed by atoms with E-state index in [0.717, 1.165) is 17.3 Å². The Morgan fingerprint density at radius 3 is 2.62 bits per heavy atom. The molecule has 0 radical (unpaired) electrons. The smallest absolute Gasteiger partial charge is 0.153 e. The first-order valence-electron chi connectivity index (χ1n) is 8.30. The van der Waals surface area contributed by atoms with E-state index in [2.05, 4.69) is 63.0 Å². The molecule has 2 N–H and O–H groups in total. The lowest BCUT2D eigenvalue weighted by atomic mass is 9.83. The minimum atomic E-state index is 0.655. The highest BCUT2D eigenvalue weighted by molar-refractivity contribution is 7.99. The van der Waals surface area contributed by atoms with E-state index in [1.165, 1.54) is 34.7 Å². The molecular weight excluding hydrogens is 316 g/mol. The number of hydrogen-bond donors (Lipinski definition) is 2. The summed E-state index contributed by atoms with van der Waals surface area (Å²) in [7, 11) is 0. The van der Waals surface area contributed by atoms with Gasteiger partial charge in [0.25, 0.3) is 0 Å². The third-order valence-electron chi connectivity index (χ3n) is 4.30. The normalized spacial score (nSPS) is 14.4. The van der Waals surface area contributed by atoms with Crippen LogP contribution in [0.25, 0.3) is 0 Å². The van der Waals surface area contributed by atoms with E-state index in [4.69, 9.17) is 0 Å². The molecule has 5 heteroatoms. The van der Waals surface area contributed by atoms with Crippen LogP contribution in [0.1, 0.15) is 36.6 Å². The monoisotopic (exact) mass is 336 g/mol. The van der Waals surface area contributed by atoms with Crippen LogP contribution in [0.2, 0.25) is 0 Å². The fourth-order valence-corrected chi connectivity index (χ4v) is 3.81. The van der Waals surface area contributed by atoms with Gasteiger partial charge in [-0.3, -0.25) is 5.10 Å². The molecule has 0 amide bonds. The van der Waals surface area contributed by atoms with Crippen molar-refractivity contribution in [3.05, 3.63) is 59.9 Å². The number of aryl methyl sites for hydroxylation is 1. The molecule has 2 heterocycles. The molecule has 0 aliphatic heterocycles. The van der Waals surface area contributed by atoms with Crippen molar-refractivity contribution >= 4 is 23.4 Å². The Balaban J connectivity index is 1.51. The first kappa shape index (κ1) is 15.3. The van der Waals surface area contributed by atoms with Gasteiger partial charge < -0.3 is 5.32 Å². The average Bonchev–Trinajstić information content (AvgIpc) is 2.93. The molecule has 0 atom stereocenters. The number of benzene rings is 1. The Morgan fingerprint density at radius 1 is 1.04 bits per heavy atom. The van der Waals surface area contributed by atoms with Crippen molar-refractivity contribution < 1.29 is 0 Å². The predicted molar refractivity (Wildman–Crippen MR) is 98.0 cm³/mol. The number of nitrogens with one attached hydrogen (secondary N) is 2. The Hall–Kier alpha value is -2.27. The van der Waals surface area contributed by atoms with E-state index >= 15 is 0 Å². The summed E-state index contributed by atoms with van der Waals surface area (Å²) in [6.07, 6.45) is 3.86. The van der Waals surface area contributed by atoms with Gasteiger partial charge in [-0.15, -0.1) is 0 Å². The van der Waals surface area contributed by atoms with Crippen LogP contribution in [0.3, 0.4) is 0 Å². The third-order valence-corrected chi connectivity index (χ3v) is 5.28. The van der Waals surface area contributed by atoms with Gasteiger partial charge in [-0.05, 0) is 44.0 Å². The van der Waals surface area contributed by atoms with Crippen LogP contribution < -0.4 is 5.32 Å². The van der Waals surface area contributed by atoms with E-state index in [1.807, 2.05) is 13.0 Å². The zero-order valence-corrected chi connectivity index (χ0v) is 14.4. The van der Waals surface area contributed by atoms with Gasteiger partial charge in [-0.1, -0.05) is 36.4 Å². The predicted octanol–water partition coefficient (Wildman–Crippen LogP) is 5.28. The van der Waals surface area contributed by atoms with Crippen LogP contribution in [0, 0.1) is 6.92 Å². The van der Waals surface area contributed by atoms with Crippen molar-refractivity contribution in [2.24, 2.45) is 0 Å². The summed E-state index contributed by atoms with van der Waals surface area (Å²) in [5, 5.41) is 10.9. The molecular formula is C19H20N4S. The highest BCUT2D eigenvalue weighted by Gasteiger charge is 2.21. The van der Waals surface area contributed by atoms with Gasteiger partial charge in [0.05, 0.1) is 0 Å². The molecule has 24 heavy (non-hydrogen) atoms. The standard InChI is InChI=1S/C19H20N4S/c1-13-10-16(24-15-8-3-2-4-9-15)11-18(20-13)21-19-12-17(22-23-19)14-6-5-7-14/h2-4,8-12,14H,5-7H2,1H3,(H2,20,21,22,23). The average molecular weight is 336 g/mol. The quantitative estimate of drug-likeness (QED) is 0.666. The molecule has 1 fully saturated rings. The fourth-order valence-electron chi connectivity index (χ4n) is 2.84. The lowest BCUT2D eigenvalue weighted by Gasteiger charge is -2.23. The molecule has 0 spiro atoms. The summed E-state index contributed by atoms with van der Waals surface area (Å²) < 4.78 is 0. The maximum Gasteiger partial charge on any atom is 0.153 e. The fraction of sp³-hybridized carbons (Fsp3) is 0.263. The summed E-state index contributed by atoms with van der Waals surface area (Å²) in [5.74, 6) is 2.33. The molecule has 0 bridgehead atoms. The Labute approximate surface area is 146 Å². The minimum absolute atomic E-state index is 0.655.